The van der Waals surface area contributed by atoms with E-state index >= 15 is 0 Å². The molecule has 3 nitrogen and oxygen atoms in total. The third-order valence-electron chi connectivity index (χ3n) is 2.66. The third-order valence-corrected chi connectivity index (χ3v) is 2.91. The van der Waals surface area contributed by atoms with Gasteiger partial charge in [0.25, 0.3) is 0 Å². The van der Waals surface area contributed by atoms with Gasteiger partial charge in [-0.15, -0.1) is 16.7 Å². The highest BCUT2D eigenvalue weighted by Gasteiger charge is 2.24. The van der Waals surface area contributed by atoms with Crippen molar-refractivity contribution in [3.05, 3.63) is 11.4 Å². The Kier molecular flexibility index (Phi) is 3.06. The standard InChI is InChI=1S/C10H16ClN3/c1-2-3-10-9(6-11)12-13-14(10)7-8-4-5-8/h8H,2-7H2,1H3. The van der Waals surface area contributed by atoms with Crippen LogP contribution in [-0.4, -0.2) is 15.0 Å². The minimum atomic E-state index is 0.486. The smallest absolute Gasteiger partial charge is 0.101 e. The van der Waals surface area contributed by atoms with Gasteiger partial charge in [0.2, 0.25) is 0 Å². The summed E-state index contributed by atoms with van der Waals surface area (Å²) in [5, 5.41) is 8.28. The Morgan fingerprint density at radius 3 is 2.86 bits per heavy atom. The zero-order chi connectivity index (χ0) is 9.97. The predicted molar refractivity (Wildman–Crippen MR) is 56.3 cm³/mol. The van der Waals surface area contributed by atoms with Gasteiger partial charge in [0.05, 0.1) is 11.6 Å². The fourth-order valence-electron chi connectivity index (χ4n) is 1.67. The molecule has 14 heavy (non-hydrogen) atoms. The first kappa shape index (κ1) is 9.97. The molecule has 1 aliphatic rings. The van der Waals surface area contributed by atoms with Crippen LogP contribution >= 0.6 is 11.6 Å². The summed E-state index contributed by atoms with van der Waals surface area (Å²) in [6, 6.07) is 0. The Morgan fingerprint density at radius 1 is 1.50 bits per heavy atom. The normalized spacial score (nSPS) is 16.1. The fraction of sp³-hybridized carbons (Fsp3) is 0.800. The molecule has 2 rings (SSSR count). The topological polar surface area (TPSA) is 30.7 Å². The van der Waals surface area contributed by atoms with Gasteiger partial charge in [0.15, 0.2) is 0 Å². The van der Waals surface area contributed by atoms with E-state index in [1.165, 1.54) is 18.5 Å². The molecular formula is C10H16ClN3. The van der Waals surface area contributed by atoms with Crippen LogP contribution in [0.4, 0.5) is 0 Å². The highest BCUT2D eigenvalue weighted by Crippen LogP contribution is 2.31. The first-order chi connectivity index (χ1) is 6.85. The van der Waals surface area contributed by atoms with E-state index in [9.17, 15) is 0 Å². The monoisotopic (exact) mass is 213 g/mol. The molecule has 1 aromatic heterocycles. The molecule has 1 fully saturated rings. The molecule has 0 aliphatic heterocycles. The van der Waals surface area contributed by atoms with Crippen molar-refractivity contribution < 1.29 is 0 Å². The van der Waals surface area contributed by atoms with Gasteiger partial charge in [-0.3, -0.25) is 0 Å². The maximum atomic E-state index is 5.82. The first-order valence-electron chi connectivity index (χ1n) is 5.32. The lowest BCUT2D eigenvalue weighted by atomic mass is 10.2. The maximum Gasteiger partial charge on any atom is 0.101 e. The third kappa shape index (κ3) is 2.08. The molecule has 1 aromatic rings. The lowest BCUT2D eigenvalue weighted by molar-refractivity contribution is 0.521. The number of aromatic nitrogens is 3. The van der Waals surface area contributed by atoms with Gasteiger partial charge < -0.3 is 0 Å². The summed E-state index contributed by atoms with van der Waals surface area (Å²) in [4.78, 5) is 0. The highest BCUT2D eigenvalue weighted by atomic mass is 35.5. The zero-order valence-corrected chi connectivity index (χ0v) is 9.30. The van der Waals surface area contributed by atoms with Crippen molar-refractivity contribution in [3.63, 3.8) is 0 Å². The van der Waals surface area contributed by atoms with Crippen LogP contribution in [0.25, 0.3) is 0 Å². The minimum absolute atomic E-state index is 0.486. The SMILES string of the molecule is CCCc1c(CCl)nnn1CC1CC1. The van der Waals surface area contributed by atoms with Crippen molar-refractivity contribution in [1.29, 1.82) is 0 Å². The van der Waals surface area contributed by atoms with E-state index in [1.807, 2.05) is 0 Å². The number of halogens is 1. The average Bonchev–Trinajstić information content (AvgIpc) is 2.91. The lowest BCUT2D eigenvalue weighted by Crippen LogP contribution is -2.07. The molecular weight excluding hydrogens is 198 g/mol. The molecule has 4 heteroatoms. The largest absolute Gasteiger partial charge is 0.249 e. The lowest BCUT2D eigenvalue weighted by Gasteiger charge is -2.04. The quantitative estimate of drug-likeness (QED) is 0.704. The maximum absolute atomic E-state index is 5.82. The van der Waals surface area contributed by atoms with E-state index in [2.05, 4.69) is 21.9 Å². The molecule has 0 spiro atoms. The first-order valence-corrected chi connectivity index (χ1v) is 5.85. The summed E-state index contributed by atoms with van der Waals surface area (Å²) in [6.45, 7) is 3.21. The Balaban J connectivity index is 2.14. The van der Waals surface area contributed by atoms with Crippen molar-refractivity contribution >= 4 is 11.6 Å². The highest BCUT2D eigenvalue weighted by molar-refractivity contribution is 6.16. The molecule has 0 atom stereocenters. The Morgan fingerprint density at radius 2 is 2.29 bits per heavy atom. The van der Waals surface area contributed by atoms with E-state index < -0.39 is 0 Å². The van der Waals surface area contributed by atoms with Crippen LogP contribution in [0.1, 0.15) is 37.6 Å². The number of hydrogen-bond donors (Lipinski definition) is 0. The van der Waals surface area contributed by atoms with Crippen LogP contribution in [0.2, 0.25) is 0 Å². The van der Waals surface area contributed by atoms with Crippen LogP contribution in [0.3, 0.4) is 0 Å². The molecule has 0 saturated heterocycles. The van der Waals surface area contributed by atoms with Crippen molar-refractivity contribution in [2.75, 3.05) is 0 Å². The second-order valence-electron chi connectivity index (χ2n) is 3.99. The molecule has 1 heterocycles. The van der Waals surface area contributed by atoms with Gasteiger partial charge >= 0.3 is 0 Å². The van der Waals surface area contributed by atoms with Crippen molar-refractivity contribution in [1.82, 2.24) is 15.0 Å². The Bertz CT molecular complexity index is 304. The zero-order valence-electron chi connectivity index (χ0n) is 8.54. The Hall–Kier alpha value is -0.570. The van der Waals surface area contributed by atoms with Gasteiger partial charge in [-0.25, -0.2) is 4.68 Å². The van der Waals surface area contributed by atoms with E-state index in [0.717, 1.165) is 31.0 Å². The van der Waals surface area contributed by atoms with E-state index in [-0.39, 0.29) is 0 Å². The second-order valence-corrected chi connectivity index (χ2v) is 4.26. The average molecular weight is 214 g/mol. The molecule has 78 valence electrons. The van der Waals surface area contributed by atoms with Crippen LogP contribution < -0.4 is 0 Å². The fourth-order valence-corrected chi connectivity index (χ4v) is 1.88. The number of rotatable bonds is 5. The van der Waals surface area contributed by atoms with Crippen LogP contribution in [0.15, 0.2) is 0 Å². The summed E-state index contributed by atoms with van der Waals surface area (Å²) in [6.07, 6.45) is 4.87. The second kappa shape index (κ2) is 4.30. The van der Waals surface area contributed by atoms with Crippen LogP contribution in [0.5, 0.6) is 0 Å². The predicted octanol–water partition coefficient (Wildman–Crippen LogP) is 2.38. The molecule has 0 bridgehead atoms. The van der Waals surface area contributed by atoms with Gasteiger partial charge in [0, 0.05) is 6.54 Å². The summed E-state index contributed by atoms with van der Waals surface area (Å²) >= 11 is 5.82. The van der Waals surface area contributed by atoms with Crippen LogP contribution in [-0.2, 0) is 18.8 Å². The minimum Gasteiger partial charge on any atom is -0.249 e. The van der Waals surface area contributed by atoms with Gasteiger partial charge in [-0.2, -0.15) is 0 Å². The Labute approximate surface area is 89.4 Å². The van der Waals surface area contributed by atoms with E-state index in [0.29, 0.717) is 5.88 Å². The van der Waals surface area contributed by atoms with Gasteiger partial charge in [0.1, 0.15) is 5.69 Å². The van der Waals surface area contributed by atoms with E-state index in [4.69, 9.17) is 11.6 Å². The number of hydrogen-bond acceptors (Lipinski definition) is 2. The van der Waals surface area contributed by atoms with E-state index in [1.54, 1.807) is 0 Å². The van der Waals surface area contributed by atoms with Gasteiger partial charge in [-0.05, 0) is 25.2 Å². The molecule has 0 radical (unpaired) electrons. The summed E-state index contributed by atoms with van der Waals surface area (Å²) in [5.74, 6) is 1.33. The van der Waals surface area contributed by atoms with Gasteiger partial charge in [-0.1, -0.05) is 18.6 Å². The summed E-state index contributed by atoms with van der Waals surface area (Å²) in [5.41, 5.74) is 2.21. The molecule has 0 aromatic carbocycles. The summed E-state index contributed by atoms with van der Waals surface area (Å²) < 4.78 is 2.05. The number of nitrogens with zero attached hydrogens (tertiary/aromatic N) is 3. The van der Waals surface area contributed by atoms with Crippen molar-refractivity contribution in [2.45, 2.75) is 45.0 Å². The van der Waals surface area contributed by atoms with Crippen LogP contribution in [0, 0.1) is 5.92 Å². The molecule has 0 N–H and O–H groups in total. The number of alkyl halides is 1. The molecule has 1 saturated carbocycles. The molecule has 0 unspecified atom stereocenters. The summed E-state index contributed by atoms with van der Waals surface area (Å²) in [7, 11) is 0. The van der Waals surface area contributed by atoms with Crippen molar-refractivity contribution in [2.24, 2.45) is 5.92 Å². The van der Waals surface area contributed by atoms with Crippen molar-refractivity contribution in [3.8, 4) is 0 Å². The molecule has 0 amide bonds. The molecule has 1 aliphatic carbocycles.